The highest BCUT2D eigenvalue weighted by Gasteiger charge is 2.27. The molecule has 0 bridgehead atoms. The van der Waals surface area contributed by atoms with E-state index in [2.05, 4.69) is 17.5 Å². The van der Waals surface area contributed by atoms with Crippen LogP contribution in [0.3, 0.4) is 0 Å². The van der Waals surface area contributed by atoms with Crippen LogP contribution in [0.25, 0.3) is 0 Å². The second kappa shape index (κ2) is 7.17. The van der Waals surface area contributed by atoms with Crippen molar-refractivity contribution >= 4 is 33.1 Å². The zero-order chi connectivity index (χ0) is 15.4. The lowest BCUT2D eigenvalue weighted by molar-refractivity contribution is 0.428. The van der Waals surface area contributed by atoms with Gasteiger partial charge in [-0.2, -0.15) is 11.8 Å². The summed E-state index contributed by atoms with van der Waals surface area (Å²) in [7, 11) is -3.23. The number of nitrogens with zero attached hydrogens (tertiary/aromatic N) is 1. The zero-order valence-corrected chi connectivity index (χ0v) is 14.7. The molecule has 2 aromatic rings. The standard InChI is InChI=1S/C16H19NO2S3/c18-22(19,13-14-5-2-1-3-6-14)17-9-8-16(21-12-10-17)15-7-4-11-20-15/h1-7,11,16H,8-10,12-13H2. The van der Waals surface area contributed by atoms with E-state index in [1.165, 1.54) is 4.88 Å². The van der Waals surface area contributed by atoms with E-state index in [1.807, 2.05) is 42.1 Å². The van der Waals surface area contributed by atoms with Crippen LogP contribution in [0.4, 0.5) is 0 Å². The summed E-state index contributed by atoms with van der Waals surface area (Å²) in [6.07, 6.45) is 0.888. The molecule has 1 aliphatic rings. The van der Waals surface area contributed by atoms with Gasteiger partial charge < -0.3 is 0 Å². The molecule has 3 nitrogen and oxygen atoms in total. The molecule has 1 aromatic carbocycles. The minimum Gasteiger partial charge on any atom is -0.212 e. The Morgan fingerprint density at radius 3 is 2.64 bits per heavy atom. The first kappa shape index (κ1) is 16.1. The molecule has 0 N–H and O–H groups in total. The van der Waals surface area contributed by atoms with Crippen LogP contribution in [0.5, 0.6) is 0 Å². The first-order chi connectivity index (χ1) is 10.6. The summed E-state index contributed by atoms with van der Waals surface area (Å²) < 4.78 is 26.9. The molecule has 0 aliphatic carbocycles. The first-order valence-electron chi connectivity index (χ1n) is 7.32. The lowest BCUT2D eigenvalue weighted by atomic mass is 10.2. The van der Waals surface area contributed by atoms with Crippen molar-refractivity contribution in [3.8, 4) is 0 Å². The monoisotopic (exact) mass is 353 g/mol. The van der Waals surface area contributed by atoms with Gasteiger partial charge in [0, 0.05) is 29.0 Å². The Labute approximate surface area is 140 Å². The molecular formula is C16H19NO2S3. The van der Waals surface area contributed by atoms with E-state index in [9.17, 15) is 8.42 Å². The SMILES string of the molecule is O=S(=O)(Cc1ccccc1)N1CCSC(c2cccs2)CC1. The Morgan fingerprint density at radius 2 is 1.91 bits per heavy atom. The number of hydrogen-bond acceptors (Lipinski definition) is 4. The van der Waals surface area contributed by atoms with Gasteiger partial charge in [-0.15, -0.1) is 11.3 Å². The van der Waals surface area contributed by atoms with Crippen LogP contribution in [-0.4, -0.2) is 31.6 Å². The highest BCUT2D eigenvalue weighted by Crippen LogP contribution is 2.37. The highest BCUT2D eigenvalue weighted by atomic mass is 32.2. The Morgan fingerprint density at radius 1 is 1.09 bits per heavy atom. The number of thioether (sulfide) groups is 1. The van der Waals surface area contributed by atoms with E-state index in [0.29, 0.717) is 18.3 Å². The fourth-order valence-electron chi connectivity index (χ4n) is 2.61. The van der Waals surface area contributed by atoms with Gasteiger partial charge in [0.05, 0.1) is 5.75 Å². The minimum absolute atomic E-state index is 0.0994. The third-order valence-corrected chi connectivity index (χ3v) is 8.04. The number of rotatable bonds is 4. The molecule has 1 aliphatic heterocycles. The van der Waals surface area contributed by atoms with Gasteiger partial charge in [-0.05, 0) is 23.4 Å². The maximum absolute atomic E-state index is 12.6. The van der Waals surface area contributed by atoms with Crippen LogP contribution in [0, 0.1) is 0 Å². The Bertz CT molecular complexity index is 683. The van der Waals surface area contributed by atoms with Crippen molar-refractivity contribution in [2.75, 3.05) is 18.8 Å². The molecule has 2 heterocycles. The smallest absolute Gasteiger partial charge is 0.212 e. The fourth-order valence-corrected chi connectivity index (χ4v) is 6.51. The number of benzene rings is 1. The summed E-state index contributed by atoms with van der Waals surface area (Å²) in [5.41, 5.74) is 0.856. The average Bonchev–Trinajstić information content (AvgIpc) is 2.92. The van der Waals surface area contributed by atoms with E-state index in [1.54, 1.807) is 15.6 Å². The molecular weight excluding hydrogens is 334 g/mol. The molecule has 0 amide bonds. The first-order valence-corrected chi connectivity index (χ1v) is 10.9. The average molecular weight is 354 g/mol. The molecule has 1 saturated heterocycles. The summed E-state index contributed by atoms with van der Waals surface area (Å²) in [6.45, 7) is 1.23. The second-order valence-corrected chi connectivity index (χ2v) is 9.56. The van der Waals surface area contributed by atoms with Crippen molar-refractivity contribution in [2.24, 2.45) is 0 Å². The maximum Gasteiger partial charge on any atom is 0.218 e. The lowest BCUT2D eigenvalue weighted by Crippen LogP contribution is -2.34. The predicted octanol–water partition coefficient (Wildman–Crippen LogP) is 3.76. The molecule has 3 rings (SSSR count). The van der Waals surface area contributed by atoms with E-state index in [-0.39, 0.29) is 5.75 Å². The molecule has 0 radical (unpaired) electrons. The number of sulfonamides is 1. The summed E-state index contributed by atoms with van der Waals surface area (Å²) >= 11 is 3.63. The van der Waals surface area contributed by atoms with Crippen LogP contribution in [-0.2, 0) is 15.8 Å². The van der Waals surface area contributed by atoms with Crippen LogP contribution in [0.1, 0.15) is 22.1 Å². The summed E-state index contributed by atoms with van der Waals surface area (Å²) in [4.78, 5) is 1.35. The molecule has 118 valence electrons. The minimum atomic E-state index is -3.23. The van der Waals surface area contributed by atoms with E-state index < -0.39 is 10.0 Å². The zero-order valence-electron chi connectivity index (χ0n) is 12.2. The molecule has 1 fully saturated rings. The molecule has 0 spiro atoms. The van der Waals surface area contributed by atoms with Gasteiger partial charge in [-0.3, -0.25) is 0 Å². The third kappa shape index (κ3) is 3.93. The van der Waals surface area contributed by atoms with Gasteiger partial charge in [-0.1, -0.05) is 36.4 Å². The quantitative estimate of drug-likeness (QED) is 0.840. The fraction of sp³-hybridized carbons (Fsp3) is 0.375. The Balaban J connectivity index is 1.67. The summed E-state index contributed by atoms with van der Waals surface area (Å²) in [5.74, 6) is 0.957. The van der Waals surface area contributed by atoms with Gasteiger partial charge in [0.1, 0.15) is 0 Å². The molecule has 1 unspecified atom stereocenters. The van der Waals surface area contributed by atoms with Crippen molar-refractivity contribution in [3.05, 3.63) is 58.3 Å². The van der Waals surface area contributed by atoms with Crippen molar-refractivity contribution in [2.45, 2.75) is 17.4 Å². The van der Waals surface area contributed by atoms with Gasteiger partial charge in [0.15, 0.2) is 0 Å². The normalized spacial score (nSPS) is 20.6. The largest absolute Gasteiger partial charge is 0.218 e. The molecule has 0 saturated carbocycles. The van der Waals surface area contributed by atoms with Gasteiger partial charge >= 0.3 is 0 Å². The van der Waals surface area contributed by atoms with E-state index in [0.717, 1.165) is 17.7 Å². The molecule has 1 aromatic heterocycles. The van der Waals surface area contributed by atoms with Crippen molar-refractivity contribution in [1.29, 1.82) is 0 Å². The maximum atomic E-state index is 12.6. The van der Waals surface area contributed by atoms with Crippen molar-refractivity contribution in [1.82, 2.24) is 4.31 Å². The highest BCUT2D eigenvalue weighted by molar-refractivity contribution is 7.99. The molecule has 6 heteroatoms. The lowest BCUT2D eigenvalue weighted by Gasteiger charge is -2.19. The predicted molar refractivity (Wildman–Crippen MR) is 94.8 cm³/mol. The van der Waals surface area contributed by atoms with Crippen molar-refractivity contribution in [3.63, 3.8) is 0 Å². The molecule has 1 atom stereocenters. The third-order valence-electron chi connectivity index (χ3n) is 3.75. The Hall–Kier alpha value is -0.820. The van der Waals surface area contributed by atoms with Crippen LogP contribution < -0.4 is 0 Å². The van der Waals surface area contributed by atoms with Gasteiger partial charge in [0.2, 0.25) is 10.0 Å². The number of thiophene rings is 1. The van der Waals surface area contributed by atoms with Gasteiger partial charge in [0.25, 0.3) is 0 Å². The summed E-state index contributed by atoms with van der Waals surface area (Å²) in [5, 5.41) is 2.52. The molecule has 22 heavy (non-hydrogen) atoms. The van der Waals surface area contributed by atoms with Crippen LogP contribution in [0.2, 0.25) is 0 Å². The number of hydrogen-bond donors (Lipinski definition) is 0. The van der Waals surface area contributed by atoms with E-state index >= 15 is 0 Å². The topological polar surface area (TPSA) is 37.4 Å². The second-order valence-electron chi connectivity index (χ2n) is 5.30. The van der Waals surface area contributed by atoms with E-state index in [4.69, 9.17) is 0 Å². The van der Waals surface area contributed by atoms with Crippen LogP contribution in [0.15, 0.2) is 47.8 Å². The van der Waals surface area contributed by atoms with Crippen LogP contribution >= 0.6 is 23.1 Å². The van der Waals surface area contributed by atoms with Crippen molar-refractivity contribution < 1.29 is 8.42 Å². The van der Waals surface area contributed by atoms with Gasteiger partial charge in [-0.25, -0.2) is 12.7 Å². The summed E-state index contributed by atoms with van der Waals surface area (Å²) in [6, 6.07) is 13.6. The Kier molecular flexibility index (Phi) is 5.23.